The first-order chi connectivity index (χ1) is 29.6. The Morgan fingerprint density at radius 1 is 0.383 bits per heavy atom. The number of carbonyl (C=O) groups excluding carboxylic acids is 2. The minimum absolute atomic E-state index is 0.0669. The smallest absolute Gasteiger partial charge is 0.306 e. The van der Waals surface area contributed by atoms with E-state index in [1.165, 1.54) is 116 Å². The van der Waals surface area contributed by atoms with E-state index in [-0.39, 0.29) is 25.2 Å². The van der Waals surface area contributed by atoms with Gasteiger partial charge in [-0.25, -0.2) is 0 Å². The lowest BCUT2D eigenvalue weighted by Gasteiger charge is -2.18. The SMILES string of the molecule is CC/C=C\C/C=C\C/C=C\CCCCCCCCCCOCC(COC(=O)CCCCC/C=C\C/C=C\C/C=C\CC)OC(=O)CCCCCCCCCCCCCCC. The highest BCUT2D eigenvalue weighted by atomic mass is 16.6. The van der Waals surface area contributed by atoms with Crippen LogP contribution in [-0.2, 0) is 23.8 Å². The van der Waals surface area contributed by atoms with Gasteiger partial charge in [-0.05, 0) is 83.5 Å². The fraction of sp³-hybridized carbons (Fsp3) is 0.745. The van der Waals surface area contributed by atoms with Gasteiger partial charge < -0.3 is 14.2 Å². The van der Waals surface area contributed by atoms with Crippen LogP contribution in [0.1, 0.15) is 239 Å². The lowest BCUT2D eigenvalue weighted by Crippen LogP contribution is -2.30. The second-order valence-electron chi connectivity index (χ2n) is 16.7. The molecule has 5 heteroatoms. The van der Waals surface area contributed by atoms with E-state index in [0.29, 0.717) is 19.4 Å². The highest BCUT2D eigenvalue weighted by molar-refractivity contribution is 5.70. The molecule has 60 heavy (non-hydrogen) atoms. The molecule has 0 bridgehead atoms. The Bertz CT molecular complexity index is 1080. The van der Waals surface area contributed by atoms with Gasteiger partial charge in [-0.3, -0.25) is 9.59 Å². The molecule has 1 unspecified atom stereocenters. The molecule has 0 fully saturated rings. The maximum atomic E-state index is 12.8. The van der Waals surface area contributed by atoms with Crippen molar-refractivity contribution in [3.8, 4) is 0 Å². The molecule has 0 aliphatic heterocycles. The van der Waals surface area contributed by atoms with E-state index < -0.39 is 6.10 Å². The first kappa shape index (κ1) is 57.3. The largest absolute Gasteiger partial charge is 0.462 e. The Balaban J connectivity index is 4.29. The minimum Gasteiger partial charge on any atom is -0.462 e. The van der Waals surface area contributed by atoms with Gasteiger partial charge in [-0.1, -0.05) is 216 Å². The van der Waals surface area contributed by atoms with Crippen molar-refractivity contribution in [3.63, 3.8) is 0 Å². The lowest BCUT2D eigenvalue weighted by atomic mass is 10.0. The quantitative estimate of drug-likeness (QED) is 0.0347. The van der Waals surface area contributed by atoms with Crippen LogP contribution in [0.2, 0.25) is 0 Å². The fourth-order valence-electron chi connectivity index (χ4n) is 7.01. The van der Waals surface area contributed by atoms with Gasteiger partial charge in [0.05, 0.1) is 6.61 Å². The van der Waals surface area contributed by atoms with Crippen molar-refractivity contribution in [2.24, 2.45) is 0 Å². The highest BCUT2D eigenvalue weighted by Gasteiger charge is 2.17. The molecule has 1 atom stereocenters. The molecule has 0 saturated carbocycles. The van der Waals surface area contributed by atoms with Crippen LogP contribution in [0, 0.1) is 0 Å². The van der Waals surface area contributed by atoms with Gasteiger partial charge in [-0.15, -0.1) is 0 Å². The van der Waals surface area contributed by atoms with Crippen molar-refractivity contribution in [2.45, 2.75) is 245 Å². The van der Waals surface area contributed by atoms with E-state index in [9.17, 15) is 9.59 Å². The lowest BCUT2D eigenvalue weighted by molar-refractivity contribution is -0.163. The molecule has 0 N–H and O–H groups in total. The van der Waals surface area contributed by atoms with Crippen LogP contribution in [0.4, 0.5) is 0 Å². The minimum atomic E-state index is -0.551. The molecule has 0 radical (unpaired) electrons. The Labute approximate surface area is 372 Å². The molecule has 5 nitrogen and oxygen atoms in total. The van der Waals surface area contributed by atoms with Crippen molar-refractivity contribution >= 4 is 11.9 Å². The van der Waals surface area contributed by atoms with Gasteiger partial charge in [0.15, 0.2) is 6.10 Å². The molecule has 0 aromatic carbocycles. The van der Waals surface area contributed by atoms with Gasteiger partial charge in [0.2, 0.25) is 0 Å². The average Bonchev–Trinajstić information content (AvgIpc) is 3.25. The van der Waals surface area contributed by atoms with Gasteiger partial charge in [0.1, 0.15) is 6.61 Å². The Hall–Kier alpha value is -2.66. The number of esters is 2. The Morgan fingerprint density at radius 2 is 0.750 bits per heavy atom. The molecule has 0 aromatic rings. The summed E-state index contributed by atoms with van der Waals surface area (Å²) < 4.78 is 17.4. The van der Waals surface area contributed by atoms with Crippen LogP contribution < -0.4 is 0 Å². The molecular weight excluding hydrogens is 741 g/mol. The topological polar surface area (TPSA) is 61.8 Å². The molecule has 0 saturated heterocycles. The van der Waals surface area contributed by atoms with Gasteiger partial charge in [0.25, 0.3) is 0 Å². The van der Waals surface area contributed by atoms with Crippen LogP contribution in [0.5, 0.6) is 0 Å². The van der Waals surface area contributed by atoms with Crippen molar-refractivity contribution in [1.29, 1.82) is 0 Å². The molecule has 0 amide bonds. The van der Waals surface area contributed by atoms with Crippen LogP contribution in [0.25, 0.3) is 0 Å². The highest BCUT2D eigenvalue weighted by Crippen LogP contribution is 2.15. The average molecular weight is 837 g/mol. The van der Waals surface area contributed by atoms with Crippen LogP contribution in [0.15, 0.2) is 72.9 Å². The maximum Gasteiger partial charge on any atom is 0.306 e. The first-order valence-electron chi connectivity index (χ1n) is 25.5. The first-order valence-corrected chi connectivity index (χ1v) is 25.5. The van der Waals surface area contributed by atoms with Gasteiger partial charge in [-0.2, -0.15) is 0 Å². The zero-order valence-electron chi connectivity index (χ0n) is 39.7. The predicted molar refractivity (Wildman–Crippen MR) is 260 cm³/mol. The van der Waals surface area contributed by atoms with Crippen LogP contribution in [0.3, 0.4) is 0 Å². The summed E-state index contributed by atoms with van der Waals surface area (Å²) in [5, 5.41) is 0. The summed E-state index contributed by atoms with van der Waals surface area (Å²) in [6.45, 7) is 7.57. The predicted octanol–water partition coefficient (Wildman–Crippen LogP) is 17.1. The fourth-order valence-corrected chi connectivity index (χ4v) is 7.01. The summed E-state index contributed by atoms with van der Waals surface area (Å²) in [5.74, 6) is -0.431. The van der Waals surface area contributed by atoms with Crippen molar-refractivity contribution < 1.29 is 23.8 Å². The maximum absolute atomic E-state index is 12.8. The number of hydrogen-bond acceptors (Lipinski definition) is 5. The molecule has 0 aliphatic carbocycles. The summed E-state index contributed by atoms with van der Waals surface area (Å²) in [6.07, 6.45) is 64.8. The van der Waals surface area contributed by atoms with Crippen molar-refractivity contribution in [2.75, 3.05) is 19.8 Å². The van der Waals surface area contributed by atoms with Gasteiger partial charge >= 0.3 is 11.9 Å². The van der Waals surface area contributed by atoms with E-state index in [2.05, 4.69) is 93.7 Å². The molecule has 0 rings (SSSR count). The normalized spacial score (nSPS) is 12.8. The number of allylic oxidation sites excluding steroid dienone is 12. The number of hydrogen-bond donors (Lipinski definition) is 0. The molecule has 346 valence electrons. The zero-order chi connectivity index (χ0) is 43.5. The molecule has 0 aromatic heterocycles. The second kappa shape index (κ2) is 50.7. The molecular formula is C55H96O5. The summed E-state index contributed by atoms with van der Waals surface area (Å²) >= 11 is 0. The van der Waals surface area contributed by atoms with Gasteiger partial charge in [0, 0.05) is 19.4 Å². The van der Waals surface area contributed by atoms with E-state index in [1.54, 1.807) is 0 Å². The number of carbonyl (C=O) groups is 2. The summed E-state index contributed by atoms with van der Waals surface area (Å²) in [7, 11) is 0. The third kappa shape index (κ3) is 48.0. The van der Waals surface area contributed by atoms with Crippen LogP contribution in [-0.4, -0.2) is 37.9 Å². The van der Waals surface area contributed by atoms with E-state index in [0.717, 1.165) is 89.9 Å². The molecule has 0 aliphatic rings. The van der Waals surface area contributed by atoms with E-state index >= 15 is 0 Å². The van der Waals surface area contributed by atoms with E-state index in [4.69, 9.17) is 14.2 Å². The monoisotopic (exact) mass is 837 g/mol. The van der Waals surface area contributed by atoms with Crippen molar-refractivity contribution in [1.82, 2.24) is 0 Å². The molecule has 0 heterocycles. The summed E-state index contributed by atoms with van der Waals surface area (Å²) in [5.41, 5.74) is 0. The van der Waals surface area contributed by atoms with Crippen molar-refractivity contribution in [3.05, 3.63) is 72.9 Å². The standard InChI is InChI=1S/C55H96O5/c1-4-7-10-13-16-19-22-25-26-27-28-29-32-35-38-41-44-47-50-58-51-53(60-55(57)49-46-43-40-37-34-31-24-21-18-15-12-9-6-3)52-59-54(56)48-45-42-39-36-33-30-23-20-17-14-11-8-5-2/h7-8,10-11,16-17,19-20,25-26,30,33,53H,4-6,9,12-15,18,21-24,27-29,31-32,34-52H2,1-3H3/b10-7-,11-8-,19-16-,20-17-,26-25-,33-30-. The molecule has 0 spiro atoms. The second-order valence-corrected chi connectivity index (χ2v) is 16.7. The summed E-state index contributed by atoms with van der Waals surface area (Å²) in [4.78, 5) is 25.3. The zero-order valence-corrected chi connectivity index (χ0v) is 39.7. The number of unbranched alkanes of at least 4 members (excludes halogenated alkanes) is 23. The van der Waals surface area contributed by atoms with Crippen LogP contribution >= 0.6 is 0 Å². The number of ether oxygens (including phenoxy) is 3. The number of rotatable bonds is 46. The third-order valence-corrected chi connectivity index (χ3v) is 10.7. The third-order valence-electron chi connectivity index (χ3n) is 10.7. The Kier molecular flexibility index (Phi) is 48.4. The summed E-state index contributed by atoms with van der Waals surface area (Å²) in [6, 6.07) is 0. The van der Waals surface area contributed by atoms with E-state index in [1.807, 2.05) is 0 Å². The Morgan fingerprint density at radius 3 is 1.22 bits per heavy atom.